The van der Waals surface area contributed by atoms with Crippen molar-refractivity contribution < 1.29 is 8.42 Å². The van der Waals surface area contributed by atoms with Crippen molar-refractivity contribution in [1.82, 2.24) is 0 Å². The lowest BCUT2D eigenvalue weighted by Gasteiger charge is -2.04. The van der Waals surface area contributed by atoms with Crippen LogP contribution in [0.3, 0.4) is 0 Å². The fraction of sp³-hybridized carbons (Fsp3) is 0.222. The zero-order valence-electron chi connectivity index (χ0n) is 7.49. The first kappa shape index (κ1) is 11.2. The normalized spacial score (nSPS) is 10.9. The van der Waals surface area contributed by atoms with E-state index in [4.69, 9.17) is 5.26 Å². The van der Waals surface area contributed by atoms with Crippen molar-refractivity contribution in [2.75, 3.05) is 6.26 Å². The summed E-state index contributed by atoms with van der Waals surface area (Å²) >= 11 is 3.19. The summed E-state index contributed by atoms with van der Waals surface area (Å²) in [7, 11) is -3.26. The molecule has 0 radical (unpaired) electrons. The van der Waals surface area contributed by atoms with Gasteiger partial charge in [-0.2, -0.15) is 5.26 Å². The molecule has 0 bridgehead atoms. The van der Waals surface area contributed by atoms with Crippen LogP contribution in [0.15, 0.2) is 27.6 Å². The third-order valence-electron chi connectivity index (χ3n) is 1.70. The van der Waals surface area contributed by atoms with Crippen LogP contribution in [0.4, 0.5) is 0 Å². The molecule has 0 amide bonds. The number of hydrogen-bond acceptors (Lipinski definition) is 3. The molecule has 1 aromatic rings. The maximum absolute atomic E-state index is 11.4. The highest BCUT2D eigenvalue weighted by atomic mass is 79.9. The number of hydrogen-bond donors (Lipinski definition) is 0. The van der Waals surface area contributed by atoms with E-state index in [0.29, 0.717) is 10.0 Å². The van der Waals surface area contributed by atoms with E-state index in [9.17, 15) is 8.42 Å². The molecule has 1 aromatic carbocycles. The van der Waals surface area contributed by atoms with Crippen molar-refractivity contribution in [3.63, 3.8) is 0 Å². The van der Waals surface area contributed by atoms with Crippen molar-refractivity contribution >= 4 is 25.8 Å². The predicted octanol–water partition coefficient (Wildman–Crippen LogP) is 1.92. The minimum Gasteiger partial charge on any atom is -0.224 e. The van der Waals surface area contributed by atoms with Gasteiger partial charge in [-0.25, -0.2) is 8.42 Å². The molecule has 1 rings (SSSR count). The Morgan fingerprint density at radius 2 is 2.14 bits per heavy atom. The molecule has 5 heteroatoms. The van der Waals surface area contributed by atoms with Crippen molar-refractivity contribution in [2.45, 2.75) is 11.3 Å². The first-order valence-electron chi connectivity index (χ1n) is 3.80. The Balaban J connectivity index is 3.39. The first-order valence-corrected chi connectivity index (χ1v) is 6.49. The lowest BCUT2D eigenvalue weighted by Crippen LogP contribution is -2.02. The van der Waals surface area contributed by atoms with E-state index in [0.717, 1.165) is 6.26 Å². The fourth-order valence-electron chi connectivity index (χ4n) is 1.10. The zero-order valence-corrected chi connectivity index (χ0v) is 9.89. The fourth-order valence-corrected chi connectivity index (χ4v) is 2.57. The van der Waals surface area contributed by atoms with E-state index in [1.165, 1.54) is 6.07 Å². The Bertz CT molecular complexity index is 488. The molecule has 74 valence electrons. The van der Waals surface area contributed by atoms with E-state index >= 15 is 0 Å². The van der Waals surface area contributed by atoms with Crippen LogP contribution in [0.5, 0.6) is 0 Å². The lowest BCUT2D eigenvalue weighted by atomic mass is 10.2. The average Bonchev–Trinajstić information content (AvgIpc) is 2.07. The molecular formula is C9H8BrNO2S. The van der Waals surface area contributed by atoms with Gasteiger partial charge in [0, 0.05) is 10.7 Å². The van der Waals surface area contributed by atoms with Gasteiger partial charge in [0.15, 0.2) is 9.84 Å². The van der Waals surface area contributed by atoms with E-state index in [1.54, 1.807) is 12.1 Å². The van der Waals surface area contributed by atoms with Gasteiger partial charge in [-0.15, -0.1) is 0 Å². The van der Waals surface area contributed by atoms with Gasteiger partial charge in [0.05, 0.1) is 17.4 Å². The van der Waals surface area contributed by atoms with Crippen LogP contribution in [0, 0.1) is 11.3 Å². The summed E-state index contributed by atoms with van der Waals surface area (Å²) in [4.78, 5) is 0.216. The molecule has 0 unspecified atom stereocenters. The summed E-state index contributed by atoms with van der Waals surface area (Å²) in [5.74, 6) is 0. The molecule has 0 aromatic heterocycles. The van der Waals surface area contributed by atoms with Crippen molar-refractivity contribution in [1.29, 1.82) is 5.26 Å². The van der Waals surface area contributed by atoms with Gasteiger partial charge in [-0.3, -0.25) is 0 Å². The Labute approximate surface area is 91.4 Å². The molecule has 0 fully saturated rings. The van der Waals surface area contributed by atoms with Gasteiger partial charge in [0.25, 0.3) is 0 Å². The Kier molecular flexibility index (Phi) is 3.29. The van der Waals surface area contributed by atoms with Crippen molar-refractivity contribution in [3.05, 3.63) is 28.2 Å². The monoisotopic (exact) mass is 273 g/mol. The quantitative estimate of drug-likeness (QED) is 0.827. The van der Waals surface area contributed by atoms with Gasteiger partial charge >= 0.3 is 0 Å². The molecule has 0 aliphatic heterocycles. The Morgan fingerprint density at radius 3 is 2.64 bits per heavy atom. The van der Waals surface area contributed by atoms with E-state index in [1.807, 2.05) is 6.07 Å². The maximum atomic E-state index is 11.4. The van der Waals surface area contributed by atoms with Gasteiger partial charge in [-0.1, -0.05) is 22.0 Å². The molecule has 0 heterocycles. The third kappa shape index (κ3) is 2.56. The van der Waals surface area contributed by atoms with Gasteiger partial charge in [-0.05, 0) is 17.7 Å². The van der Waals surface area contributed by atoms with E-state index in [2.05, 4.69) is 15.9 Å². The maximum Gasteiger partial charge on any atom is 0.175 e. The highest BCUT2D eigenvalue weighted by Crippen LogP contribution is 2.21. The minimum absolute atomic E-state index is 0.107. The van der Waals surface area contributed by atoms with E-state index in [-0.39, 0.29) is 11.3 Å². The molecule has 0 spiro atoms. The second-order valence-electron chi connectivity index (χ2n) is 2.86. The van der Waals surface area contributed by atoms with Crippen molar-refractivity contribution in [2.24, 2.45) is 0 Å². The molecule has 0 aliphatic rings. The largest absolute Gasteiger partial charge is 0.224 e. The van der Waals surface area contributed by atoms with Crippen LogP contribution in [0.2, 0.25) is 0 Å². The number of rotatable bonds is 2. The Hall–Kier alpha value is -0.860. The SMILES string of the molecule is CS(=O)(=O)c1cc(Br)ccc1CC#N. The summed E-state index contributed by atoms with van der Waals surface area (Å²) in [5.41, 5.74) is 0.540. The number of benzene rings is 1. The molecule has 0 N–H and O–H groups in total. The highest BCUT2D eigenvalue weighted by molar-refractivity contribution is 9.10. The summed E-state index contributed by atoms with van der Waals surface area (Å²) in [6.07, 6.45) is 1.24. The van der Waals surface area contributed by atoms with Crippen LogP contribution in [0.25, 0.3) is 0 Å². The molecular weight excluding hydrogens is 266 g/mol. The van der Waals surface area contributed by atoms with Crippen LogP contribution < -0.4 is 0 Å². The van der Waals surface area contributed by atoms with Gasteiger partial charge < -0.3 is 0 Å². The van der Waals surface area contributed by atoms with Crippen LogP contribution in [0.1, 0.15) is 5.56 Å². The van der Waals surface area contributed by atoms with Crippen LogP contribution >= 0.6 is 15.9 Å². The number of nitriles is 1. The van der Waals surface area contributed by atoms with Crippen LogP contribution in [-0.4, -0.2) is 14.7 Å². The minimum atomic E-state index is -3.26. The van der Waals surface area contributed by atoms with Gasteiger partial charge in [0.1, 0.15) is 0 Å². The predicted molar refractivity (Wildman–Crippen MR) is 56.6 cm³/mol. The molecule has 3 nitrogen and oxygen atoms in total. The number of nitrogens with zero attached hydrogens (tertiary/aromatic N) is 1. The smallest absolute Gasteiger partial charge is 0.175 e. The highest BCUT2D eigenvalue weighted by Gasteiger charge is 2.13. The topological polar surface area (TPSA) is 57.9 Å². The summed E-state index contributed by atoms with van der Waals surface area (Å²) in [5, 5.41) is 8.52. The lowest BCUT2D eigenvalue weighted by molar-refractivity contribution is 0.601. The molecule has 0 aliphatic carbocycles. The molecule has 0 atom stereocenters. The molecule has 0 saturated heterocycles. The second-order valence-corrected chi connectivity index (χ2v) is 5.76. The van der Waals surface area contributed by atoms with Crippen LogP contribution in [-0.2, 0) is 16.3 Å². The molecule has 0 saturated carbocycles. The van der Waals surface area contributed by atoms with Gasteiger partial charge in [0.2, 0.25) is 0 Å². The average molecular weight is 274 g/mol. The van der Waals surface area contributed by atoms with E-state index < -0.39 is 9.84 Å². The zero-order chi connectivity index (χ0) is 10.8. The second kappa shape index (κ2) is 4.11. The first-order chi connectivity index (χ1) is 6.45. The summed E-state index contributed by atoms with van der Waals surface area (Å²) in [6.45, 7) is 0. The third-order valence-corrected chi connectivity index (χ3v) is 3.37. The number of halogens is 1. The standard InChI is InChI=1S/C9H8BrNO2S/c1-14(12,13)9-6-8(10)3-2-7(9)4-5-11/h2-3,6H,4H2,1H3. The molecule has 14 heavy (non-hydrogen) atoms. The Morgan fingerprint density at radius 1 is 1.50 bits per heavy atom. The summed E-state index contributed by atoms with van der Waals surface area (Å²) in [6, 6.07) is 6.82. The van der Waals surface area contributed by atoms with Crippen molar-refractivity contribution in [3.8, 4) is 6.07 Å². The summed E-state index contributed by atoms with van der Waals surface area (Å²) < 4.78 is 23.4. The number of sulfone groups is 1.